The lowest BCUT2D eigenvalue weighted by atomic mass is 10.1. The van der Waals surface area contributed by atoms with E-state index in [1.807, 2.05) is 30.3 Å². The molecule has 1 aliphatic heterocycles. The summed E-state index contributed by atoms with van der Waals surface area (Å²) in [7, 11) is 0. The topological polar surface area (TPSA) is 134 Å². The lowest BCUT2D eigenvalue weighted by Crippen LogP contribution is -2.50. The molecular weight excluding hydrogens is 506 g/mol. The third kappa shape index (κ3) is 9.14. The minimum Gasteiger partial charge on any atom is -0.480 e. The Labute approximate surface area is 194 Å². The van der Waals surface area contributed by atoms with Crippen LogP contribution in [-0.4, -0.2) is 53.0 Å². The van der Waals surface area contributed by atoms with Crippen molar-refractivity contribution in [2.75, 3.05) is 13.1 Å². The van der Waals surface area contributed by atoms with Gasteiger partial charge in [-0.05, 0) is 37.7 Å². The molecule has 8 nitrogen and oxygen atoms in total. The summed E-state index contributed by atoms with van der Waals surface area (Å²) < 4.78 is 8.45. The highest BCUT2D eigenvalue weighted by molar-refractivity contribution is 8.93. The number of carboxylic acids is 1. The molecule has 29 heavy (non-hydrogen) atoms. The number of nitrogens with one attached hydrogen (secondary N) is 1. The maximum absolute atomic E-state index is 13.1. The maximum Gasteiger partial charge on any atom is 0.326 e. The number of rotatable bonds is 10. The van der Waals surface area contributed by atoms with Gasteiger partial charge in [0.15, 0.2) is 5.96 Å². The number of unbranched alkanes of at least 4 members (excludes halogenated alkanes) is 1. The van der Waals surface area contributed by atoms with E-state index in [9.17, 15) is 14.7 Å². The molecule has 10 heteroatoms. The number of nitrogens with zero attached hydrogens (tertiary/aromatic N) is 2. The second kappa shape index (κ2) is 14.4. The van der Waals surface area contributed by atoms with Gasteiger partial charge in [-0.15, -0.1) is 34.0 Å². The highest BCUT2D eigenvalue weighted by atomic mass is 79.9. The SMILES string of the molecule is Br.Br.[2H]N(Cc1ccccc1)[C@@H](CCCCN=C(N)N)C(=O)N1CCC[C@H]1C(=O)O. The Morgan fingerprint density at radius 1 is 1.28 bits per heavy atom. The molecule has 1 aromatic carbocycles. The van der Waals surface area contributed by atoms with Gasteiger partial charge in [0.1, 0.15) is 7.45 Å². The molecule has 0 aliphatic carbocycles. The summed E-state index contributed by atoms with van der Waals surface area (Å²) >= 11 is 0. The van der Waals surface area contributed by atoms with Crippen LogP contribution in [0.1, 0.15) is 37.7 Å². The predicted molar refractivity (Wildman–Crippen MR) is 125 cm³/mol. The zero-order chi connectivity index (χ0) is 20.5. The van der Waals surface area contributed by atoms with Crippen molar-refractivity contribution >= 4 is 51.8 Å². The highest BCUT2D eigenvalue weighted by Crippen LogP contribution is 2.20. The summed E-state index contributed by atoms with van der Waals surface area (Å²) in [6, 6.07) is 7.95. The number of carboxylic acid groups (broad SMARTS) is 1. The number of aliphatic imine (C=N–C) groups is 1. The third-order valence-electron chi connectivity index (χ3n) is 4.62. The van der Waals surface area contributed by atoms with E-state index in [0.717, 1.165) is 5.56 Å². The molecule has 0 spiro atoms. The highest BCUT2D eigenvalue weighted by Gasteiger charge is 2.36. The Morgan fingerprint density at radius 3 is 2.59 bits per heavy atom. The first-order chi connectivity index (χ1) is 13.4. The van der Waals surface area contributed by atoms with E-state index in [1.54, 1.807) is 0 Å². The molecule has 1 heterocycles. The minimum absolute atomic E-state index is 0. The fourth-order valence-corrected chi connectivity index (χ4v) is 3.23. The van der Waals surface area contributed by atoms with Gasteiger partial charge in [-0.1, -0.05) is 30.3 Å². The zero-order valence-corrected chi connectivity index (χ0v) is 19.7. The molecular formula is C19H31Br2N5O3. The fourth-order valence-electron chi connectivity index (χ4n) is 3.23. The number of guanidine groups is 1. The molecule has 2 rings (SSSR count). The van der Waals surface area contributed by atoms with E-state index < -0.39 is 18.1 Å². The molecule has 6 N–H and O–H groups in total. The van der Waals surface area contributed by atoms with Crippen LogP contribution in [0.3, 0.4) is 0 Å². The van der Waals surface area contributed by atoms with Gasteiger partial charge in [0.2, 0.25) is 5.91 Å². The molecule has 0 bridgehead atoms. The first kappa shape index (κ1) is 25.4. The smallest absolute Gasteiger partial charge is 0.326 e. The molecule has 1 aromatic rings. The number of halogens is 2. The minimum atomic E-state index is -0.989. The molecule has 1 amide bonds. The van der Waals surface area contributed by atoms with Crippen LogP contribution in [-0.2, 0) is 16.1 Å². The quantitative estimate of drug-likeness (QED) is 0.204. The number of carbonyl (C=O) groups is 2. The Hall–Kier alpha value is -1.65. The zero-order valence-electron chi connectivity index (χ0n) is 17.3. The van der Waals surface area contributed by atoms with E-state index in [0.29, 0.717) is 45.2 Å². The van der Waals surface area contributed by atoms with Crippen molar-refractivity contribution < 1.29 is 16.1 Å². The van der Waals surface area contributed by atoms with E-state index in [2.05, 4.69) is 4.99 Å². The second-order valence-electron chi connectivity index (χ2n) is 6.67. The van der Waals surface area contributed by atoms with Crippen molar-refractivity contribution in [3.8, 4) is 0 Å². The van der Waals surface area contributed by atoms with Gasteiger partial charge in [0.25, 0.3) is 0 Å². The molecule has 0 saturated carbocycles. The van der Waals surface area contributed by atoms with Gasteiger partial charge in [0, 0.05) is 19.6 Å². The van der Waals surface area contributed by atoms with E-state index >= 15 is 0 Å². The van der Waals surface area contributed by atoms with Crippen molar-refractivity contribution in [1.29, 1.82) is 0 Å². The monoisotopic (exact) mass is 536 g/mol. The Morgan fingerprint density at radius 2 is 1.97 bits per heavy atom. The average Bonchev–Trinajstić information content (AvgIpc) is 3.15. The van der Waals surface area contributed by atoms with Crippen LogP contribution in [0.25, 0.3) is 0 Å². The molecule has 1 saturated heterocycles. The molecule has 0 radical (unpaired) electrons. The van der Waals surface area contributed by atoms with Gasteiger partial charge < -0.3 is 26.8 Å². The van der Waals surface area contributed by atoms with Crippen LogP contribution in [0.15, 0.2) is 35.3 Å². The van der Waals surface area contributed by atoms with E-state index in [1.165, 1.54) is 10.2 Å². The van der Waals surface area contributed by atoms with Crippen molar-refractivity contribution in [3.05, 3.63) is 35.9 Å². The number of likely N-dealkylation sites (tertiary alicyclic amines) is 1. The molecule has 164 valence electrons. The van der Waals surface area contributed by atoms with Gasteiger partial charge >= 0.3 is 5.97 Å². The standard InChI is InChI=1S/C19H29N5O3.2BrH/c20-19(21)22-11-5-4-9-15(23-13-14-7-2-1-3-8-14)17(25)24-12-6-10-16(24)18(26)27;;/h1-3,7-8,15-16,23H,4-6,9-13H2,(H,26,27)(H4,20,21,22);2*1H/t15-,16-;;/m0../s1/i/hD. The van der Waals surface area contributed by atoms with Crippen molar-refractivity contribution in [3.63, 3.8) is 0 Å². The van der Waals surface area contributed by atoms with Crippen LogP contribution in [0, 0.1) is 0 Å². The van der Waals surface area contributed by atoms with Crippen molar-refractivity contribution in [2.24, 2.45) is 16.5 Å². The van der Waals surface area contributed by atoms with Crippen LogP contribution < -0.4 is 16.8 Å². The lowest BCUT2D eigenvalue weighted by Gasteiger charge is -2.27. The Balaban J connectivity index is 0.00000420. The molecule has 1 aliphatic rings. The van der Waals surface area contributed by atoms with Gasteiger partial charge in [-0.2, -0.15) is 0 Å². The number of hydrogen-bond donors (Lipinski definition) is 4. The normalized spacial score (nSPS) is 16.9. The van der Waals surface area contributed by atoms with Crippen LogP contribution in [0.5, 0.6) is 0 Å². The van der Waals surface area contributed by atoms with Crippen molar-refractivity contribution in [1.82, 2.24) is 10.2 Å². The van der Waals surface area contributed by atoms with Crippen LogP contribution in [0.2, 0.25) is 1.41 Å². The summed E-state index contributed by atoms with van der Waals surface area (Å²) in [5.74, 6) is -1.25. The largest absolute Gasteiger partial charge is 0.480 e. The summed E-state index contributed by atoms with van der Waals surface area (Å²) in [6.07, 6.45) is 2.90. The number of benzene rings is 1. The van der Waals surface area contributed by atoms with Gasteiger partial charge in [0.05, 0.1) is 6.04 Å². The lowest BCUT2D eigenvalue weighted by molar-refractivity contribution is -0.149. The molecule has 2 atom stereocenters. The summed E-state index contributed by atoms with van der Waals surface area (Å²) in [4.78, 5) is 29.9. The van der Waals surface area contributed by atoms with Crippen molar-refractivity contribution in [2.45, 2.75) is 50.7 Å². The van der Waals surface area contributed by atoms with Gasteiger partial charge in [-0.25, -0.2) is 4.79 Å². The summed E-state index contributed by atoms with van der Waals surface area (Å²) in [5.41, 5.74) is 11.6. The number of aliphatic carboxylic acids is 1. The molecule has 0 aromatic heterocycles. The van der Waals surface area contributed by atoms with Crippen LogP contribution in [0.4, 0.5) is 0 Å². The summed E-state index contributed by atoms with van der Waals surface area (Å²) in [5, 5.41) is 10.7. The Bertz CT molecular complexity index is 692. The van der Waals surface area contributed by atoms with Crippen LogP contribution >= 0.6 is 34.0 Å². The third-order valence-corrected chi connectivity index (χ3v) is 4.62. The Kier molecular flexibility index (Phi) is 12.6. The number of nitrogens with two attached hydrogens (primary N) is 2. The summed E-state index contributed by atoms with van der Waals surface area (Å²) in [6.45, 7) is 1.16. The number of hydrogen-bond acceptors (Lipinski definition) is 4. The first-order valence-electron chi connectivity index (χ1n) is 9.73. The second-order valence-corrected chi connectivity index (χ2v) is 6.67. The average molecular weight is 538 g/mol. The number of carbonyl (C=O) groups excluding carboxylic acids is 1. The first-order valence-corrected chi connectivity index (χ1v) is 9.28. The fraction of sp³-hybridized carbons (Fsp3) is 0.526. The number of amides is 1. The van der Waals surface area contributed by atoms with Gasteiger partial charge in [-0.3, -0.25) is 9.79 Å². The van der Waals surface area contributed by atoms with E-state index in [-0.39, 0.29) is 52.4 Å². The van der Waals surface area contributed by atoms with E-state index in [4.69, 9.17) is 12.9 Å². The maximum atomic E-state index is 13.1. The molecule has 0 unspecified atom stereocenters. The predicted octanol–water partition coefficient (Wildman–Crippen LogP) is 1.82. The molecule has 1 fully saturated rings.